The molecule has 0 fully saturated rings. The lowest BCUT2D eigenvalue weighted by Crippen LogP contribution is -2.33. The Labute approximate surface area is 134 Å². The summed E-state index contributed by atoms with van der Waals surface area (Å²) in [5, 5.41) is 0. The first-order chi connectivity index (χ1) is 11.3. The number of rotatable bonds is 6. The van der Waals surface area contributed by atoms with Crippen molar-refractivity contribution in [3.05, 3.63) is 53.6 Å². The van der Waals surface area contributed by atoms with Crippen LogP contribution in [0.3, 0.4) is 0 Å². The van der Waals surface area contributed by atoms with Gasteiger partial charge in [-0.15, -0.1) is 0 Å². The zero-order valence-electron chi connectivity index (χ0n) is 12.9. The molecule has 1 aliphatic rings. The monoisotopic (exact) mass is 314 g/mol. The number of aldehydes is 1. The van der Waals surface area contributed by atoms with Crippen LogP contribution < -0.4 is 14.2 Å². The van der Waals surface area contributed by atoms with Crippen LogP contribution in [-0.4, -0.2) is 32.7 Å². The van der Waals surface area contributed by atoms with Gasteiger partial charge in [0.25, 0.3) is 0 Å². The van der Waals surface area contributed by atoms with E-state index in [2.05, 4.69) is 0 Å². The predicted molar refractivity (Wildman–Crippen MR) is 84.4 cm³/mol. The fourth-order valence-corrected chi connectivity index (χ4v) is 2.39. The Morgan fingerprint density at radius 2 is 2.04 bits per heavy atom. The molecular weight excluding hydrogens is 296 g/mol. The standard InChI is InChI=1S/C18H18O5/c1-20-16-8-17-18(7-14(16)9-19)23-15(12-22-17)11-21-10-13-5-3-2-4-6-13/h2-9,15H,10-12H2,1H3/t15-/m0/s1. The summed E-state index contributed by atoms with van der Waals surface area (Å²) in [5.74, 6) is 1.58. The molecule has 1 heterocycles. The van der Waals surface area contributed by atoms with Crippen LogP contribution in [0.25, 0.3) is 0 Å². The molecule has 2 aromatic carbocycles. The van der Waals surface area contributed by atoms with E-state index < -0.39 is 0 Å². The molecule has 0 aliphatic carbocycles. The van der Waals surface area contributed by atoms with Crippen molar-refractivity contribution < 1.29 is 23.7 Å². The summed E-state index contributed by atoms with van der Waals surface area (Å²) >= 11 is 0. The van der Waals surface area contributed by atoms with Gasteiger partial charge in [-0.3, -0.25) is 4.79 Å². The minimum absolute atomic E-state index is 0.209. The van der Waals surface area contributed by atoms with Gasteiger partial charge in [0.2, 0.25) is 0 Å². The van der Waals surface area contributed by atoms with Gasteiger partial charge < -0.3 is 18.9 Å². The van der Waals surface area contributed by atoms with E-state index in [1.165, 1.54) is 7.11 Å². The number of hydrogen-bond donors (Lipinski definition) is 0. The average molecular weight is 314 g/mol. The van der Waals surface area contributed by atoms with Crippen molar-refractivity contribution in [2.75, 3.05) is 20.3 Å². The lowest BCUT2D eigenvalue weighted by Gasteiger charge is -2.27. The van der Waals surface area contributed by atoms with E-state index in [1.807, 2.05) is 30.3 Å². The molecule has 0 saturated heterocycles. The third-order valence-electron chi connectivity index (χ3n) is 3.56. The maximum atomic E-state index is 11.1. The summed E-state index contributed by atoms with van der Waals surface area (Å²) < 4.78 is 22.4. The summed E-state index contributed by atoms with van der Waals surface area (Å²) in [5.41, 5.74) is 1.54. The number of fused-ring (bicyclic) bond motifs is 1. The zero-order valence-corrected chi connectivity index (χ0v) is 12.9. The quantitative estimate of drug-likeness (QED) is 0.767. The van der Waals surface area contributed by atoms with Crippen LogP contribution in [0.2, 0.25) is 0 Å². The Bertz CT molecular complexity index is 669. The smallest absolute Gasteiger partial charge is 0.165 e. The molecule has 5 heteroatoms. The second-order valence-electron chi connectivity index (χ2n) is 5.21. The molecule has 23 heavy (non-hydrogen) atoms. The van der Waals surface area contributed by atoms with E-state index in [9.17, 15) is 4.79 Å². The summed E-state index contributed by atoms with van der Waals surface area (Å²) in [7, 11) is 1.51. The predicted octanol–water partition coefficient (Wildman–Crippen LogP) is 2.86. The summed E-state index contributed by atoms with van der Waals surface area (Å²) in [6, 6.07) is 13.2. The lowest BCUT2D eigenvalue weighted by atomic mass is 10.1. The highest BCUT2D eigenvalue weighted by molar-refractivity contribution is 5.81. The maximum absolute atomic E-state index is 11.1. The SMILES string of the molecule is COc1cc2c(cc1C=O)O[C@@H](COCc1ccccc1)CO2. The second kappa shape index (κ2) is 7.15. The highest BCUT2D eigenvalue weighted by Crippen LogP contribution is 2.37. The van der Waals surface area contributed by atoms with Gasteiger partial charge in [0.05, 0.1) is 25.9 Å². The molecule has 0 aromatic heterocycles. The van der Waals surface area contributed by atoms with Crippen molar-refractivity contribution in [2.45, 2.75) is 12.7 Å². The van der Waals surface area contributed by atoms with Crippen molar-refractivity contribution in [1.82, 2.24) is 0 Å². The van der Waals surface area contributed by atoms with Gasteiger partial charge in [-0.2, -0.15) is 0 Å². The van der Waals surface area contributed by atoms with Gasteiger partial charge >= 0.3 is 0 Å². The van der Waals surface area contributed by atoms with Gasteiger partial charge in [0.15, 0.2) is 23.9 Å². The van der Waals surface area contributed by atoms with E-state index in [0.29, 0.717) is 42.6 Å². The molecule has 2 aromatic rings. The molecule has 0 bridgehead atoms. The molecule has 5 nitrogen and oxygen atoms in total. The molecule has 0 amide bonds. The topological polar surface area (TPSA) is 54.0 Å². The summed E-state index contributed by atoms with van der Waals surface area (Å²) in [4.78, 5) is 11.1. The number of methoxy groups -OCH3 is 1. The summed E-state index contributed by atoms with van der Waals surface area (Å²) in [6.45, 7) is 1.33. The summed E-state index contributed by atoms with van der Waals surface area (Å²) in [6.07, 6.45) is 0.525. The van der Waals surface area contributed by atoms with Crippen molar-refractivity contribution in [3.8, 4) is 17.2 Å². The molecule has 0 N–H and O–H groups in total. The minimum atomic E-state index is -0.209. The van der Waals surface area contributed by atoms with Crippen LogP contribution in [-0.2, 0) is 11.3 Å². The number of carbonyl (C=O) groups is 1. The Hall–Kier alpha value is -2.53. The first-order valence-corrected chi connectivity index (χ1v) is 7.38. The Balaban J connectivity index is 1.60. The molecule has 1 atom stereocenters. The van der Waals surface area contributed by atoms with Crippen LogP contribution >= 0.6 is 0 Å². The highest BCUT2D eigenvalue weighted by atomic mass is 16.6. The lowest BCUT2D eigenvalue weighted by molar-refractivity contribution is 0.00257. The first-order valence-electron chi connectivity index (χ1n) is 7.38. The van der Waals surface area contributed by atoms with Crippen molar-refractivity contribution in [2.24, 2.45) is 0 Å². The third kappa shape index (κ3) is 3.63. The van der Waals surface area contributed by atoms with Crippen molar-refractivity contribution >= 4 is 6.29 Å². The molecule has 3 rings (SSSR count). The molecule has 120 valence electrons. The van der Waals surface area contributed by atoms with Crippen LogP contribution in [0.5, 0.6) is 17.2 Å². The van der Waals surface area contributed by atoms with Crippen molar-refractivity contribution in [1.29, 1.82) is 0 Å². The van der Waals surface area contributed by atoms with E-state index in [0.717, 1.165) is 11.8 Å². The van der Waals surface area contributed by atoms with Crippen LogP contribution in [0, 0.1) is 0 Å². The molecule has 1 aliphatic heterocycles. The average Bonchev–Trinajstić information content (AvgIpc) is 2.61. The number of benzene rings is 2. The highest BCUT2D eigenvalue weighted by Gasteiger charge is 2.23. The third-order valence-corrected chi connectivity index (χ3v) is 3.56. The van der Waals surface area contributed by atoms with Crippen molar-refractivity contribution in [3.63, 3.8) is 0 Å². The Morgan fingerprint density at radius 1 is 1.22 bits per heavy atom. The van der Waals surface area contributed by atoms with Gasteiger partial charge in [-0.1, -0.05) is 30.3 Å². The largest absolute Gasteiger partial charge is 0.496 e. The van der Waals surface area contributed by atoms with Gasteiger partial charge in [-0.25, -0.2) is 0 Å². The fraction of sp³-hybridized carbons (Fsp3) is 0.278. The first kappa shape index (κ1) is 15.4. The van der Waals surface area contributed by atoms with E-state index in [1.54, 1.807) is 12.1 Å². The van der Waals surface area contributed by atoms with Crippen LogP contribution in [0.1, 0.15) is 15.9 Å². The molecule has 0 unspecified atom stereocenters. The zero-order chi connectivity index (χ0) is 16.1. The van der Waals surface area contributed by atoms with Gasteiger partial charge in [0.1, 0.15) is 12.4 Å². The molecular formula is C18H18O5. The normalized spacial score (nSPS) is 16.0. The number of hydrogen-bond acceptors (Lipinski definition) is 5. The molecule has 0 radical (unpaired) electrons. The van der Waals surface area contributed by atoms with Gasteiger partial charge in [-0.05, 0) is 11.6 Å². The fourth-order valence-electron chi connectivity index (χ4n) is 2.39. The minimum Gasteiger partial charge on any atom is -0.496 e. The second-order valence-corrected chi connectivity index (χ2v) is 5.21. The van der Waals surface area contributed by atoms with Crippen LogP contribution in [0.15, 0.2) is 42.5 Å². The Kier molecular flexibility index (Phi) is 4.78. The van der Waals surface area contributed by atoms with Gasteiger partial charge in [0, 0.05) is 6.07 Å². The van der Waals surface area contributed by atoms with Crippen LogP contribution in [0.4, 0.5) is 0 Å². The Morgan fingerprint density at radius 3 is 2.78 bits per heavy atom. The maximum Gasteiger partial charge on any atom is 0.165 e. The van der Waals surface area contributed by atoms with E-state index >= 15 is 0 Å². The molecule has 0 spiro atoms. The number of carbonyl (C=O) groups excluding carboxylic acids is 1. The molecule has 0 saturated carbocycles. The number of ether oxygens (including phenoxy) is 4. The van der Waals surface area contributed by atoms with E-state index in [4.69, 9.17) is 18.9 Å². The van der Waals surface area contributed by atoms with E-state index in [-0.39, 0.29) is 6.10 Å².